The van der Waals surface area contributed by atoms with Gasteiger partial charge in [-0.3, -0.25) is 4.79 Å². The van der Waals surface area contributed by atoms with Crippen molar-refractivity contribution >= 4 is 5.91 Å². The summed E-state index contributed by atoms with van der Waals surface area (Å²) in [6.45, 7) is 1.09. The second-order valence-electron chi connectivity index (χ2n) is 5.31. The maximum Gasteiger partial charge on any atom is 0.222 e. The van der Waals surface area contributed by atoms with Crippen molar-refractivity contribution in [3.8, 4) is 0 Å². The molecule has 0 aromatic rings. The van der Waals surface area contributed by atoms with Crippen LogP contribution in [0, 0.1) is 5.92 Å². The van der Waals surface area contributed by atoms with Crippen LogP contribution in [-0.4, -0.2) is 36.4 Å². The van der Waals surface area contributed by atoms with E-state index in [0.29, 0.717) is 18.4 Å². The van der Waals surface area contributed by atoms with Crippen LogP contribution < -0.4 is 5.32 Å². The second kappa shape index (κ2) is 6.36. The Morgan fingerprint density at radius 2 is 2.00 bits per heavy atom. The third-order valence-corrected chi connectivity index (χ3v) is 3.91. The number of aliphatic hydroxyl groups is 1. The van der Waals surface area contributed by atoms with Crippen molar-refractivity contribution < 1.29 is 14.6 Å². The zero-order valence-electron chi connectivity index (χ0n) is 10.4. The Balaban J connectivity index is 1.65. The van der Waals surface area contributed by atoms with Gasteiger partial charge in [-0.25, -0.2) is 0 Å². The van der Waals surface area contributed by atoms with E-state index in [1.165, 1.54) is 0 Å². The van der Waals surface area contributed by atoms with E-state index in [2.05, 4.69) is 5.32 Å². The van der Waals surface area contributed by atoms with E-state index < -0.39 is 0 Å². The second-order valence-corrected chi connectivity index (χ2v) is 5.31. The first-order valence-electron chi connectivity index (χ1n) is 6.79. The van der Waals surface area contributed by atoms with Crippen LogP contribution in [0.2, 0.25) is 0 Å². The molecule has 2 aliphatic rings. The zero-order valence-corrected chi connectivity index (χ0v) is 10.4. The van der Waals surface area contributed by atoms with Gasteiger partial charge < -0.3 is 15.2 Å². The summed E-state index contributed by atoms with van der Waals surface area (Å²) in [5.74, 6) is 0.575. The molecule has 1 saturated carbocycles. The summed E-state index contributed by atoms with van der Waals surface area (Å²) in [5, 5.41) is 12.1. The highest BCUT2D eigenvalue weighted by Crippen LogP contribution is 2.24. The maximum atomic E-state index is 11.8. The van der Waals surface area contributed by atoms with E-state index in [1.807, 2.05) is 0 Å². The van der Waals surface area contributed by atoms with Crippen LogP contribution in [0.5, 0.6) is 0 Å². The Morgan fingerprint density at radius 1 is 1.24 bits per heavy atom. The molecule has 1 amide bonds. The van der Waals surface area contributed by atoms with Gasteiger partial charge in [0.15, 0.2) is 0 Å². The van der Waals surface area contributed by atoms with Crippen molar-refractivity contribution in [2.45, 2.75) is 57.1 Å². The van der Waals surface area contributed by atoms with Gasteiger partial charge in [-0.2, -0.15) is 0 Å². The van der Waals surface area contributed by atoms with E-state index in [0.717, 1.165) is 45.1 Å². The summed E-state index contributed by atoms with van der Waals surface area (Å²) in [6.07, 6.45) is 6.82. The molecule has 1 heterocycles. The van der Waals surface area contributed by atoms with Gasteiger partial charge >= 0.3 is 0 Å². The first kappa shape index (κ1) is 12.8. The van der Waals surface area contributed by atoms with Crippen LogP contribution in [-0.2, 0) is 9.53 Å². The standard InChI is InChI=1S/C13H23NO3/c15-9-10-3-5-11(6-4-10)14-13(16)8-12-2-1-7-17-12/h10-12,15H,1-9H2,(H,14,16). The number of carbonyl (C=O) groups excluding carboxylic acids is 1. The molecule has 0 aromatic heterocycles. The largest absolute Gasteiger partial charge is 0.396 e. The minimum Gasteiger partial charge on any atom is -0.396 e. The first-order valence-corrected chi connectivity index (χ1v) is 6.79. The lowest BCUT2D eigenvalue weighted by molar-refractivity contribution is -0.124. The predicted molar refractivity (Wildman–Crippen MR) is 64.6 cm³/mol. The fourth-order valence-electron chi connectivity index (χ4n) is 2.79. The van der Waals surface area contributed by atoms with E-state index in [9.17, 15) is 4.79 Å². The predicted octanol–water partition coefficient (Wildman–Crippen LogP) is 1.22. The van der Waals surface area contributed by atoms with Crippen molar-refractivity contribution in [2.24, 2.45) is 5.92 Å². The quantitative estimate of drug-likeness (QED) is 0.778. The van der Waals surface area contributed by atoms with Gasteiger partial charge in [0.1, 0.15) is 0 Å². The number of hydrogen-bond acceptors (Lipinski definition) is 3. The molecule has 1 unspecified atom stereocenters. The fourth-order valence-corrected chi connectivity index (χ4v) is 2.79. The number of amides is 1. The van der Waals surface area contributed by atoms with Crippen molar-refractivity contribution in [3.05, 3.63) is 0 Å². The number of hydrogen-bond donors (Lipinski definition) is 2. The van der Waals surface area contributed by atoms with Crippen LogP contribution >= 0.6 is 0 Å². The van der Waals surface area contributed by atoms with Gasteiger partial charge in [0.05, 0.1) is 12.5 Å². The number of aliphatic hydroxyl groups excluding tert-OH is 1. The van der Waals surface area contributed by atoms with Gasteiger partial charge in [-0.15, -0.1) is 0 Å². The molecule has 4 heteroatoms. The Hall–Kier alpha value is -0.610. The SMILES string of the molecule is O=C(CC1CCCO1)NC1CCC(CO)CC1. The normalized spacial score (nSPS) is 33.6. The first-order chi connectivity index (χ1) is 8.28. The molecule has 1 aliphatic carbocycles. The molecule has 0 bridgehead atoms. The summed E-state index contributed by atoms with van der Waals surface area (Å²) in [6, 6.07) is 0.312. The molecule has 2 rings (SSSR count). The van der Waals surface area contributed by atoms with E-state index in [4.69, 9.17) is 9.84 Å². The molecule has 17 heavy (non-hydrogen) atoms. The fraction of sp³-hybridized carbons (Fsp3) is 0.923. The van der Waals surface area contributed by atoms with Crippen LogP contribution in [0.15, 0.2) is 0 Å². The number of nitrogens with one attached hydrogen (secondary N) is 1. The lowest BCUT2D eigenvalue weighted by atomic mass is 9.86. The van der Waals surface area contributed by atoms with E-state index in [-0.39, 0.29) is 18.6 Å². The molecule has 2 N–H and O–H groups in total. The third-order valence-electron chi connectivity index (χ3n) is 3.91. The highest BCUT2D eigenvalue weighted by Gasteiger charge is 2.24. The zero-order chi connectivity index (χ0) is 12.1. The van der Waals surface area contributed by atoms with Crippen LogP contribution in [0.25, 0.3) is 0 Å². The summed E-state index contributed by atoms with van der Waals surface area (Å²) in [7, 11) is 0. The minimum atomic E-state index is 0.129. The average Bonchev–Trinajstić information content (AvgIpc) is 2.82. The lowest BCUT2D eigenvalue weighted by Crippen LogP contribution is -2.39. The van der Waals surface area contributed by atoms with Crippen LogP contribution in [0.1, 0.15) is 44.9 Å². The highest BCUT2D eigenvalue weighted by molar-refractivity contribution is 5.76. The van der Waals surface area contributed by atoms with Gasteiger partial charge in [0.2, 0.25) is 5.91 Å². The molecular formula is C13H23NO3. The van der Waals surface area contributed by atoms with Crippen LogP contribution in [0.4, 0.5) is 0 Å². The number of carbonyl (C=O) groups is 1. The highest BCUT2D eigenvalue weighted by atomic mass is 16.5. The van der Waals surface area contributed by atoms with Crippen LogP contribution in [0.3, 0.4) is 0 Å². The summed E-state index contributed by atoms with van der Waals surface area (Å²) < 4.78 is 5.45. The van der Waals surface area contributed by atoms with Crippen molar-refractivity contribution in [2.75, 3.05) is 13.2 Å². The van der Waals surface area contributed by atoms with Gasteiger partial charge in [0, 0.05) is 19.3 Å². The monoisotopic (exact) mass is 241 g/mol. The smallest absolute Gasteiger partial charge is 0.222 e. The Bertz CT molecular complexity index is 243. The number of ether oxygens (including phenoxy) is 1. The molecule has 1 atom stereocenters. The lowest BCUT2D eigenvalue weighted by Gasteiger charge is -2.28. The van der Waals surface area contributed by atoms with E-state index in [1.54, 1.807) is 0 Å². The number of rotatable bonds is 4. The molecule has 0 aromatic carbocycles. The summed E-state index contributed by atoms with van der Waals surface area (Å²) in [4.78, 5) is 11.8. The summed E-state index contributed by atoms with van der Waals surface area (Å²) in [5.41, 5.74) is 0. The molecule has 4 nitrogen and oxygen atoms in total. The third kappa shape index (κ3) is 3.96. The maximum absolute atomic E-state index is 11.8. The van der Waals surface area contributed by atoms with Crippen molar-refractivity contribution in [1.29, 1.82) is 0 Å². The molecule has 2 fully saturated rings. The Labute approximate surface area is 103 Å². The average molecular weight is 241 g/mol. The van der Waals surface area contributed by atoms with E-state index >= 15 is 0 Å². The van der Waals surface area contributed by atoms with Gasteiger partial charge in [0.25, 0.3) is 0 Å². The molecule has 0 spiro atoms. The van der Waals surface area contributed by atoms with Crippen molar-refractivity contribution in [3.63, 3.8) is 0 Å². The summed E-state index contributed by atoms with van der Waals surface area (Å²) >= 11 is 0. The molecule has 1 aliphatic heterocycles. The molecule has 98 valence electrons. The molecule has 0 radical (unpaired) electrons. The Morgan fingerprint density at radius 3 is 2.59 bits per heavy atom. The minimum absolute atomic E-state index is 0.129. The van der Waals surface area contributed by atoms with Gasteiger partial charge in [-0.1, -0.05) is 0 Å². The van der Waals surface area contributed by atoms with Crippen molar-refractivity contribution in [1.82, 2.24) is 5.32 Å². The van der Waals surface area contributed by atoms with Gasteiger partial charge in [-0.05, 0) is 44.4 Å². The molecular weight excluding hydrogens is 218 g/mol. The Kier molecular flexibility index (Phi) is 4.80. The topological polar surface area (TPSA) is 58.6 Å². The molecule has 1 saturated heterocycles.